The number of nitrogens with one attached hydrogen (secondary N) is 1. The summed E-state index contributed by atoms with van der Waals surface area (Å²) < 4.78 is 18.1. The average Bonchev–Trinajstić information content (AvgIpc) is 2.35. The third-order valence-electron chi connectivity index (χ3n) is 2.34. The van der Waals surface area contributed by atoms with Crippen LogP contribution >= 0.6 is 23.2 Å². The van der Waals surface area contributed by atoms with Gasteiger partial charge < -0.3 is 15.8 Å². The van der Waals surface area contributed by atoms with Gasteiger partial charge in [0.25, 0.3) is 0 Å². The van der Waals surface area contributed by atoms with Gasteiger partial charge >= 0.3 is 0 Å². The number of halogens is 3. The molecule has 0 amide bonds. The Kier molecular flexibility index (Phi) is 3.97. The Hall–Kier alpha value is -1.72. The number of nitrogen functional groups attached to an aromatic ring is 1. The molecule has 3 N–H and O–H groups in total. The van der Waals surface area contributed by atoms with Crippen LogP contribution < -0.4 is 15.8 Å². The molecular weight excluding hydrogens is 292 g/mol. The first-order valence-electron chi connectivity index (χ1n) is 5.23. The molecule has 1 aromatic heterocycles. The second-order valence-corrected chi connectivity index (χ2v) is 4.48. The third-order valence-corrected chi connectivity index (χ3v) is 2.94. The molecule has 0 unspecified atom stereocenters. The summed E-state index contributed by atoms with van der Waals surface area (Å²) in [4.78, 5) is 4.12. The van der Waals surface area contributed by atoms with E-state index in [1.165, 1.54) is 7.11 Å². The van der Waals surface area contributed by atoms with Crippen molar-refractivity contribution in [2.45, 2.75) is 0 Å². The van der Waals surface area contributed by atoms with Crippen molar-refractivity contribution in [3.8, 4) is 5.88 Å². The van der Waals surface area contributed by atoms with E-state index in [9.17, 15) is 4.39 Å². The molecule has 0 aliphatic carbocycles. The first-order valence-corrected chi connectivity index (χ1v) is 5.99. The molecule has 4 nitrogen and oxygen atoms in total. The van der Waals surface area contributed by atoms with Crippen molar-refractivity contribution in [3.05, 3.63) is 40.1 Å². The zero-order valence-corrected chi connectivity index (χ0v) is 11.4. The Labute approximate surface area is 119 Å². The van der Waals surface area contributed by atoms with Crippen molar-refractivity contribution in [2.24, 2.45) is 0 Å². The van der Waals surface area contributed by atoms with Gasteiger partial charge in [-0.25, -0.2) is 4.39 Å². The minimum absolute atomic E-state index is 0.155. The summed E-state index contributed by atoms with van der Waals surface area (Å²) in [6, 6.07) is 5.57. The maximum Gasteiger partial charge on any atom is 0.238 e. The molecule has 7 heteroatoms. The fourth-order valence-corrected chi connectivity index (χ4v) is 2.03. The normalized spacial score (nSPS) is 10.3. The van der Waals surface area contributed by atoms with Crippen LogP contribution in [0, 0.1) is 5.82 Å². The van der Waals surface area contributed by atoms with Crippen LogP contribution in [0.1, 0.15) is 0 Å². The molecule has 1 aromatic carbocycles. The molecule has 0 saturated carbocycles. The Morgan fingerprint density at radius 2 is 1.89 bits per heavy atom. The lowest BCUT2D eigenvalue weighted by molar-refractivity contribution is 0.401. The summed E-state index contributed by atoms with van der Waals surface area (Å²) in [5.41, 5.74) is 6.43. The lowest BCUT2D eigenvalue weighted by Gasteiger charge is -2.11. The molecule has 0 aliphatic heterocycles. The number of nitrogens with zero attached hydrogens (tertiary/aromatic N) is 1. The molecule has 2 aromatic rings. The topological polar surface area (TPSA) is 60.2 Å². The number of rotatable bonds is 3. The van der Waals surface area contributed by atoms with Crippen molar-refractivity contribution >= 4 is 40.4 Å². The van der Waals surface area contributed by atoms with Crippen LogP contribution in [-0.2, 0) is 0 Å². The minimum atomic E-state index is -0.511. The van der Waals surface area contributed by atoms with Gasteiger partial charge in [0, 0.05) is 0 Å². The Bertz CT molecular complexity index is 599. The first kappa shape index (κ1) is 13.7. The van der Waals surface area contributed by atoms with Crippen molar-refractivity contribution in [1.82, 2.24) is 4.98 Å². The Balaban J connectivity index is 2.36. The lowest BCUT2D eigenvalue weighted by atomic mass is 10.3. The Morgan fingerprint density at radius 3 is 2.47 bits per heavy atom. The zero-order chi connectivity index (χ0) is 14.0. The highest BCUT2D eigenvalue weighted by Gasteiger charge is 2.10. The smallest absolute Gasteiger partial charge is 0.238 e. The minimum Gasteiger partial charge on any atom is -0.479 e. The second kappa shape index (κ2) is 5.50. The van der Waals surface area contributed by atoms with E-state index in [2.05, 4.69) is 10.3 Å². The number of pyridine rings is 1. The molecule has 0 saturated heterocycles. The highest BCUT2D eigenvalue weighted by atomic mass is 35.5. The second-order valence-electron chi connectivity index (χ2n) is 3.66. The van der Waals surface area contributed by atoms with Gasteiger partial charge in [0.2, 0.25) is 5.88 Å². The average molecular weight is 302 g/mol. The number of aromatic nitrogens is 1. The molecule has 0 aliphatic rings. The van der Waals surface area contributed by atoms with Crippen molar-refractivity contribution in [1.29, 1.82) is 0 Å². The van der Waals surface area contributed by atoms with Crippen LogP contribution in [0.2, 0.25) is 10.0 Å². The summed E-state index contributed by atoms with van der Waals surface area (Å²) in [6.07, 6.45) is 0. The zero-order valence-electron chi connectivity index (χ0n) is 9.88. The molecule has 0 bridgehead atoms. The highest BCUT2D eigenvalue weighted by molar-refractivity contribution is 6.39. The third kappa shape index (κ3) is 3.00. The fourth-order valence-electron chi connectivity index (χ4n) is 1.47. The van der Waals surface area contributed by atoms with Gasteiger partial charge in [-0.3, -0.25) is 0 Å². The molecule has 0 spiro atoms. The number of hydrogen-bond donors (Lipinski definition) is 2. The fraction of sp³-hybridized carbons (Fsp3) is 0.0833. The number of nitrogens with two attached hydrogens (primary N) is 1. The van der Waals surface area contributed by atoms with E-state index in [1.807, 2.05) is 0 Å². The van der Waals surface area contributed by atoms with E-state index in [4.69, 9.17) is 33.7 Å². The summed E-state index contributed by atoms with van der Waals surface area (Å²) >= 11 is 11.8. The van der Waals surface area contributed by atoms with Crippen LogP contribution in [0.3, 0.4) is 0 Å². The molecular formula is C12H10Cl2FN3O. The van der Waals surface area contributed by atoms with Gasteiger partial charge in [0.05, 0.1) is 28.5 Å². The first-order chi connectivity index (χ1) is 9.01. The molecule has 1 heterocycles. The number of ether oxygens (including phenoxy) is 1. The molecule has 19 heavy (non-hydrogen) atoms. The number of hydrogen-bond acceptors (Lipinski definition) is 4. The van der Waals surface area contributed by atoms with Gasteiger partial charge in [-0.2, -0.15) is 4.98 Å². The Morgan fingerprint density at radius 1 is 1.26 bits per heavy atom. The predicted molar refractivity (Wildman–Crippen MR) is 74.9 cm³/mol. The standard InChI is InChI=1S/C12H10Cl2FN3O/c1-19-12-9(16)2-3-10(18-12)17-11-7(13)4-6(15)5-8(11)14/h2-5H,16H2,1H3,(H,17,18). The molecule has 100 valence electrons. The van der Waals surface area contributed by atoms with E-state index in [-0.39, 0.29) is 15.9 Å². The van der Waals surface area contributed by atoms with Gasteiger partial charge in [0.15, 0.2) is 0 Å². The molecule has 0 radical (unpaired) electrons. The van der Waals surface area contributed by atoms with Crippen molar-refractivity contribution in [2.75, 3.05) is 18.2 Å². The van der Waals surface area contributed by atoms with Gasteiger partial charge in [-0.1, -0.05) is 23.2 Å². The highest BCUT2D eigenvalue weighted by Crippen LogP contribution is 2.34. The van der Waals surface area contributed by atoms with Crippen molar-refractivity contribution in [3.63, 3.8) is 0 Å². The summed E-state index contributed by atoms with van der Waals surface area (Å²) in [7, 11) is 1.46. The van der Waals surface area contributed by atoms with Gasteiger partial charge in [-0.05, 0) is 24.3 Å². The summed E-state index contributed by atoms with van der Waals surface area (Å²) in [6.45, 7) is 0. The van der Waals surface area contributed by atoms with Gasteiger partial charge in [0.1, 0.15) is 11.6 Å². The van der Waals surface area contributed by atoms with Crippen molar-refractivity contribution < 1.29 is 9.13 Å². The van der Waals surface area contributed by atoms with Gasteiger partial charge in [-0.15, -0.1) is 0 Å². The van der Waals surface area contributed by atoms with E-state index < -0.39 is 5.82 Å². The monoisotopic (exact) mass is 301 g/mol. The maximum absolute atomic E-state index is 13.1. The van der Waals surface area contributed by atoms with E-state index >= 15 is 0 Å². The summed E-state index contributed by atoms with van der Waals surface area (Å²) in [5, 5.41) is 3.20. The molecule has 2 rings (SSSR count). The quantitative estimate of drug-likeness (QED) is 0.903. The number of anilines is 3. The van der Waals surface area contributed by atoms with Crippen LogP contribution in [0.4, 0.5) is 21.6 Å². The number of methoxy groups -OCH3 is 1. The van der Waals surface area contributed by atoms with Crippen LogP contribution in [0.25, 0.3) is 0 Å². The van der Waals surface area contributed by atoms with Crippen LogP contribution in [0.5, 0.6) is 5.88 Å². The van der Waals surface area contributed by atoms with E-state index in [1.54, 1.807) is 12.1 Å². The SMILES string of the molecule is COc1nc(Nc2c(Cl)cc(F)cc2Cl)ccc1N. The summed E-state index contributed by atoms with van der Waals surface area (Å²) in [5.74, 6) is 0.198. The van der Waals surface area contributed by atoms with E-state index in [0.717, 1.165) is 12.1 Å². The van der Waals surface area contributed by atoms with Crippen LogP contribution in [0.15, 0.2) is 24.3 Å². The molecule has 0 fully saturated rings. The number of benzene rings is 1. The van der Waals surface area contributed by atoms with Crippen LogP contribution in [-0.4, -0.2) is 12.1 Å². The maximum atomic E-state index is 13.1. The largest absolute Gasteiger partial charge is 0.479 e. The predicted octanol–water partition coefficient (Wildman–Crippen LogP) is 3.86. The molecule has 0 atom stereocenters. The lowest BCUT2D eigenvalue weighted by Crippen LogP contribution is -2.00. The van der Waals surface area contributed by atoms with E-state index in [0.29, 0.717) is 17.2 Å².